The molecule has 3 rings (SSSR count). The molecule has 0 aliphatic heterocycles. The summed E-state index contributed by atoms with van der Waals surface area (Å²) in [6, 6.07) is 8.56. The largest absolute Gasteiger partial charge is 0.490 e. The molecule has 1 aromatic heterocycles. The number of carbonyl (C=O) groups is 1. The fourth-order valence-corrected chi connectivity index (χ4v) is 2.50. The van der Waals surface area contributed by atoms with Crippen molar-refractivity contribution in [3.63, 3.8) is 0 Å². The molecular weight excluding hydrogens is 264 g/mol. The summed E-state index contributed by atoms with van der Waals surface area (Å²) in [7, 11) is 0. The van der Waals surface area contributed by atoms with Crippen LogP contribution in [0.5, 0.6) is 5.75 Å². The molecule has 1 aromatic carbocycles. The van der Waals surface area contributed by atoms with Crippen LogP contribution in [-0.4, -0.2) is 22.6 Å². The van der Waals surface area contributed by atoms with E-state index in [9.17, 15) is 4.79 Å². The van der Waals surface area contributed by atoms with Crippen molar-refractivity contribution in [3.05, 3.63) is 30.5 Å². The van der Waals surface area contributed by atoms with Crippen LogP contribution in [0.2, 0.25) is 0 Å². The summed E-state index contributed by atoms with van der Waals surface area (Å²) >= 11 is 0. The predicted molar refractivity (Wildman–Crippen MR) is 83.5 cm³/mol. The van der Waals surface area contributed by atoms with Gasteiger partial charge in [0.2, 0.25) is 5.91 Å². The first-order valence-electron chi connectivity index (χ1n) is 7.67. The SMILES string of the molecule is CC(C)Oc1cccc2c1ccn2CCC(=O)NC1CC1. The molecule has 0 atom stereocenters. The van der Waals surface area contributed by atoms with Gasteiger partial charge in [0.1, 0.15) is 5.75 Å². The fourth-order valence-electron chi connectivity index (χ4n) is 2.50. The highest BCUT2D eigenvalue weighted by molar-refractivity contribution is 5.86. The lowest BCUT2D eigenvalue weighted by Crippen LogP contribution is -2.26. The Labute approximate surface area is 125 Å². The van der Waals surface area contributed by atoms with Crippen LogP contribution < -0.4 is 10.1 Å². The Bertz CT molecular complexity index is 641. The Morgan fingerprint density at radius 3 is 2.90 bits per heavy atom. The van der Waals surface area contributed by atoms with E-state index in [2.05, 4.69) is 22.0 Å². The number of benzene rings is 1. The van der Waals surface area contributed by atoms with E-state index in [1.165, 1.54) is 0 Å². The van der Waals surface area contributed by atoms with Crippen LogP contribution in [0.1, 0.15) is 33.1 Å². The van der Waals surface area contributed by atoms with Crippen LogP contribution in [0, 0.1) is 0 Å². The number of hydrogen-bond acceptors (Lipinski definition) is 2. The van der Waals surface area contributed by atoms with Crippen LogP contribution in [-0.2, 0) is 11.3 Å². The average Bonchev–Trinajstić information content (AvgIpc) is 3.14. The van der Waals surface area contributed by atoms with Crippen molar-refractivity contribution in [3.8, 4) is 5.75 Å². The molecule has 2 aromatic rings. The van der Waals surface area contributed by atoms with Gasteiger partial charge in [-0.2, -0.15) is 0 Å². The van der Waals surface area contributed by atoms with E-state index in [1.807, 2.05) is 32.2 Å². The lowest BCUT2D eigenvalue weighted by molar-refractivity contribution is -0.121. The molecule has 112 valence electrons. The van der Waals surface area contributed by atoms with Crippen LogP contribution >= 0.6 is 0 Å². The summed E-state index contributed by atoms with van der Waals surface area (Å²) < 4.78 is 7.95. The third kappa shape index (κ3) is 3.38. The van der Waals surface area contributed by atoms with Crippen molar-refractivity contribution in [2.45, 2.75) is 51.8 Å². The monoisotopic (exact) mass is 286 g/mol. The first-order chi connectivity index (χ1) is 10.1. The number of aryl methyl sites for hydroxylation is 1. The van der Waals surface area contributed by atoms with Crippen LogP contribution in [0.15, 0.2) is 30.5 Å². The van der Waals surface area contributed by atoms with E-state index in [4.69, 9.17) is 4.74 Å². The highest BCUT2D eigenvalue weighted by Gasteiger charge is 2.22. The Morgan fingerprint density at radius 2 is 2.19 bits per heavy atom. The van der Waals surface area contributed by atoms with E-state index in [1.54, 1.807) is 0 Å². The summed E-state index contributed by atoms with van der Waals surface area (Å²) in [5.74, 6) is 1.05. The maximum absolute atomic E-state index is 11.8. The number of rotatable bonds is 6. The van der Waals surface area contributed by atoms with Gasteiger partial charge in [-0.15, -0.1) is 0 Å². The van der Waals surface area contributed by atoms with Crippen molar-refractivity contribution < 1.29 is 9.53 Å². The molecule has 21 heavy (non-hydrogen) atoms. The second kappa shape index (κ2) is 5.80. The van der Waals surface area contributed by atoms with Crippen molar-refractivity contribution in [1.29, 1.82) is 0 Å². The summed E-state index contributed by atoms with van der Waals surface area (Å²) in [6.07, 6.45) is 4.98. The third-order valence-corrected chi connectivity index (χ3v) is 3.66. The lowest BCUT2D eigenvalue weighted by Gasteiger charge is -2.11. The normalized spacial score (nSPS) is 14.6. The molecule has 1 aliphatic carbocycles. The van der Waals surface area contributed by atoms with Gasteiger partial charge in [0.15, 0.2) is 0 Å². The number of ether oxygens (including phenoxy) is 1. The highest BCUT2D eigenvalue weighted by Crippen LogP contribution is 2.27. The smallest absolute Gasteiger partial charge is 0.222 e. The number of aromatic nitrogens is 1. The number of fused-ring (bicyclic) bond motifs is 1. The zero-order valence-electron chi connectivity index (χ0n) is 12.6. The molecular formula is C17H22N2O2. The second-order valence-corrected chi connectivity index (χ2v) is 5.96. The lowest BCUT2D eigenvalue weighted by atomic mass is 10.2. The summed E-state index contributed by atoms with van der Waals surface area (Å²) in [4.78, 5) is 11.8. The van der Waals surface area contributed by atoms with Gasteiger partial charge < -0.3 is 14.6 Å². The number of carbonyl (C=O) groups excluding carboxylic acids is 1. The topological polar surface area (TPSA) is 43.3 Å². The predicted octanol–water partition coefficient (Wildman–Crippen LogP) is 3.10. The molecule has 1 heterocycles. The number of hydrogen-bond donors (Lipinski definition) is 1. The van der Waals surface area contributed by atoms with E-state index >= 15 is 0 Å². The molecule has 1 saturated carbocycles. The first-order valence-corrected chi connectivity index (χ1v) is 7.67. The molecule has 0 radical (unpaired) electrons. The maximum Gasteiger partial charge on any atom is 0.222 e. The minimum Gasteiger partial charge on any atom is -0.490 e. The molecule has 1 fully saturated rings. The average molecular weight is 286 g/mol. The third-order valence-electron chi connectivity index (χ3n) is 3.66. The van der Waals surface area contributed by atoms with Crippen molar-refractivity contribution in [1.82, 2.24) is 9.88 Å². The minimum absolute atomic E-state index is 0.147. The molecule has 0 saturated heterocycles. The molecule has 1 N–H and O–H groups in total. The summed E-state index contributed by atoms with van der Waals surface area (Å²) in [5.41, 5.74) is 1.12. The van der Waals surface area contributed by atoms with Gasteiger partial charge >= 0.3 is 0 Å². The van der Waals surface area contributed by atoms with Crippen molar-refractivity contribution >= 4 is 16.8 Å². The number of nitrogens with zero attached hydrogens (tertiary/aromatic N) is 1. The van der Waals surface area contributed by atoms with Gasteiger partial charge in [-0.1, -0.05) is 6.07 Å². The van der Waals surface area contributed by atoms with Gasteiger partial charge in [-0.25, -0.2) is 0 Å². The Balaban J connectivity index is 1.72. The van der Waals surface area contributed by atoms with E-state index in [0.29, 0.717) is 19.0 Å². The summed E-state index contributed by atoms with van der Waals surface area (Å²) in [6.45, 7) is 4.75. The van der Waals surface area contributed by atoms with Gasteiger partial charge in [0, 0.05) is 30.6 Å². The molecule has 0 bridgehead atoms. The second-order valence-electron chi connectivity index (χ2n) is 5.96. The standard InChI is InChI=1S/C17H22N2O2/c1-12(2)21-16-5-3-4-15-14(16)8-10-19(15)11-9-17(20)18-13-6-7-13/h3-5,8,10,12-13H,6-7,9,11H2,1-2H3,(H,18,20). The molecule has 4 heteroatoms. The van der Waals surface area contributed by atoms with Crippen LogP contribution in [0.3, 0.4) is 0 Å². The van der Waals surface area contributed by atoms with Crippen molar-refractivity contribution in [2.75, 3.05) is 0 Å². The Kier molecular flexibility index (Phi) is 3.86. The first kappa shape index (κ1) is 14.0. The fraction of sp³-hybridized carbons (Fsp3) is 0.471. The zero-order valence-corrected chi connectivity index (χ0v) is 12.6. The molecule has 1 aliphatic rings. The molecule has 0 unspecified atom stereocenters. The highest BCUT2D eigenvalue weighted by atomic mass is 16.5. The molecule has 0 spiro atoms. The summed E-state index contributed by atoms with van der Waals surface area (Å²) in [5, 5.41) is 4.13. The van der Waals surface area contributed by atoms with Crippen LogP contribution in [0.4, 0.5) is 0 Å². The number of nitrogens with one attached hydrogen (secondary N) is 1. The van der Waals surface area contributed by atoms with Gasteiger partial charge in [-0.3, -0.25) is 4.79 Å². The Morgan fingerprint density at radius 1 is 1.38 bits per heavy atom. The van der Waals surface area contributed by atoms with Gasteiger partial charge in [-0.05, 0) is 44.9 Å². The van der Waals surface area contributed by atoms with Crippen molar-refractivity contribution in [2.24, 2.45) is 0 Å². The maximum atomic E-state index is 11.8. The zero-order chi connectivity index (χ0) is 14.8. The van der Waals surface area contributed by atoms with Gasteiger partial charge in [0.25, 0.3) is 0 Å². The van der Waals surface area contributed by atoms with E-state index in [-0.39, 0.29) is 12.0 Å². The van der Waals surface area contributed by atoms with Crippen LogP contribution in [0.25, 0.3) is 10.9 Å². The van der Waals surface area contributed by atoms with E-state index in [0.717, 1.165) is 29.5 Å². The molecule has 4 nitrogen and oxygen atoms in total. The molecule has 1 amide bonds. The Hall–Kier alpha value is -1.97. The van der Waals surface area contributed by atoms with E-state index < -0.39 is 0 Å². The quantitative estimate of drug-likeness (QED) is 0.886. The van der Waals surface area contributed by atoms with Gasteiger partial charge in [0.05, 0.1) is 11.6 Å². The number of amides is 1. The minimum atomic E-state index is 0.147.